The van der Waals surface area contributed by atoms with Crippen LogP contribution in [0.15, 0.2) is 18.2 Å². The monoisotopic (exact) mass is 330 g/mol. The molecule has 3 heterocycles. The second-order valence-electron chi connectivity index (χ2n) is 6.89. The van der Waals surface area contributed by atoms with Crippen molar-refractivity contribution in [2.45, 2.75) is 12.5 Å². The smallest absolute Gasteiger partial charge is 0.328 e. The maximum absolute atomic E-state index is 12.8. The first kappa shape index (κ1) is 14.9. The minimum Gasteiger partial charge on any atom is -0.399 e. The SMILES string of the molecule is C[NH+]1CCN2c3ccc(N)cc3CC3(C(=O)NC(=O)NC3=O)[C@@H]2C1. The highest BCUT2D eigenvalue weighted by atomic mass is 16.2. The molecule has 24 heavy (non-hydrogen) atoms. The highest BCUT2D eigenvalue weighted by Crippen LogP contribution is 2.43. The van der Waals surface area contributed by atoms with Crippen molar-refractivity contribution in [3.05, 3.63) is 23.8 Å². The van der Waals surface area contributed by atoms with E-state index in [9.17, 15) is 14.4 Å². The Hall–Kier alpha value is -2.61. The summed E-state index contributed by atoms with van der Waals surface area (Å²) in [7, 11) is 2.05. The summed E-state index contributed by atoms with van der Waals surface area (Å²) in [4.78, 5) is 40.5. The van der Waals surface area contributed by atoms with Crippen LogP contribution in [0.25, 0.3) is 0 Å². The van der Waals surface area contributed by atoms with E-state index in [0.29, 0.717) is 12.2 Å². The third-order valence-corrected chi connectivity index (χ3v) is 5.41. The van der Waals surface area contributed by atoms with Crippen molar-refractivity contribution in [3.8, 4) is 0 Å². The van der Waals surface area contributed by atoms with Crippen LogP contribution in [0.3, 0.4) is 0 Å². The molecule has 8 heteroatoms. The number of hydrogen-bond donors (Lipinski definition) is 4. The molecule has 1 unspecified atom stereocenters. The number of carbonyl (C=O) groups excluding carboxylic acids is 3. The van der Waals surface area contributed by atoms with Crippen molar-refractivity contribution in [2.75, 3.05) is 37.3 Å². The van der Waals surface area contributed by atoms with Gasteiger partial charge in [0.25, 0.3) is 0 Å². The Labute approximate surface area is 139 Å². The molecule has 1 aromatic rings. The summed E-state index contributed by atoms with van der Waals surface area (Å²) in [6, 6.07) is 4.56. The van der Waals surface area contributed by atoms with E-state index in [1.807, 2.05) is 25.2 Å². The van der Waals surface area contributed by atoms with Gasteiger partial charge in [0.1, 0.15) is 6.04 Å². The quantitative estimate of drug-likeness (QED) is 0.321. The molecule has 126 valence electrons. The predicted molar refractivity (Wildman–Crippen MR) is 86.4 cm³/mol. The molecule has 1 aromatic carbocycles. The fourth-order valence-electron chi connectivity index (χ4n) is 4.21. The number of hydrogen-bond acceptors (Lipinski definition) is 5. The molecule has 4 amide bonds. The van der Waals surface area contributed by atoms with Gasteiger partial charge < -0.3 is 15.5 Å². The fourth-order valence-corrected chi connectivity index (χ4v) is 4.21. The van der Waals surface area contributed by atoms with Crippen molar-refractivity contribution in [1.29, 1.82) is 0 Å². The number of amides is 4. The number of benzene rings is 1. The van der Waals surface area contributed by atoms with Crippen molar-refractivity contribution in [3.63, 3.8) is 0 Å². The molecule has 0 saturated carbocycles. The number of barbiturate groups is 1. The Balaban J connectivity index is 1.89. The normalized spacial score (nSPS) is 28.0. The molecule has 2 saturated heterocycles. The zero-order valence-corrected chi connectivity index (χ0v) is 13.4. The number of anilines is 2. The number of imide groups is 2. The maximum atomic E-state index is 12.8. The lowest BCUT2D eigenvalue weighted by atomic mass is 9.68. The van der Waals surface area contributed by atoms with Crippen LogP contribution in [0.4, 0.5) is 16.2 Å². The van der Waals surface area contributed by atoms with Gasteiger partial charge in [-0.2, -0.15) is 0 Å². The number of carbonyl (C=O) groups is 3. The van der Waals surface area contributed by atoms with E-state index in [1.165, 1.54) is 4.90 Å². The Kier molecular flexibility index (Phi) is 3.08. The fraction of sp³-hybridized carbons (Fsp3) is 0.438. The first-order valence-corrected chi connectivity index (χ1v) is 8.05. The highest BCUT2D eigenvalue weighted by Gasteiger charge is 2.61. The Morgan fingerprint density at radius 1 is 1.25 bits per heavy atom. The zero-order valence-electron chi connectivity index (χ0n) is 13.4. The average Bonchev–Trinajstić information content (AvgIpc) is 2.52. The van der Waals surface area contributed by atoms with E-state index >= 15 is 0 Å². The largest absolute Gasteiger partial charge is 0.399 e. The molecule has 5 N–H and O–H groups in total. The third-order valence-electron chi connectivity index (χ3n) is 5.41. The molecule has 2 fully saturated rings. The first-order valence-electron chi connectivity index (χ1n) is 8.05. The van der Waals surface area contributed by atoms with E-state index in [-0.39, 0.29) is 12.5 Å². The number of nitrogens with zero attached hydrogens (tertiary/aromatic N) is 1. The van der Waals surface area contributed by atoms with Crippen molar-refractivity contribution in [1.82, 2.24) is 10.6 Å². The maximum Gasteiger partial charge on any atom is 0.328 e. The number of urea groups is 1. The summed E-state index contributed by atoms with van der Waals surface area (Å²) in [5.74, 6) is -1.04. The summed E-state index contributed by atoms with van der Waals surface area (Å²) >= 11 is 0. The van der Waals surface area contributed by atoms with Crippen LogP contribution in [0.2, 0.25) is 0 Å². The van der Waals surface area contributed by atoms with Crippen LogP contribution in [-0.2, 0) is 16.0 Å². The topological polar surface area (TPSA) is 109 Å². The van der Waals surface area contributed by atoms with Gasteiger partial charge in [0.2, 0.25) is 11.8 Å². The van der Waals surface area contributed by atoms with Gasteiger partial charge in [0.05, 0.1) is 26.7 Å². The van der Waals surface area contributed by atoms with Gasteiger partial charge >= 0.3 is 6.03 Å². The minimum absolute atomic E-state index is 0.243. The molecule has 0 aliphatic carbocycles. The van der Waals surface area contributed by atoms with Crippen molar-refractivity contribution in [2.24, 2.45) is 5.41 Å². The van der Waals surface area contributed by atoms with Gasteiger partial charge in [0, 0.05) is 17.8 Å². The molecule has 0 radical (unpaired) electrons. The average molecular weight is 330 g/mol. The lowest BCUT2D eigenvalue weighted by Crippen LogP contribution is -3.14. The summed E-state index contributed by atoms with van der Waals surface area (Å²) in [6.07, 6.45) is 0.243. The highest BCUT2D eigenvalue weighted by molar-refractivity contribution is 6.20. The Morgan fingerprint density at radius 3 is 2.67 bits per heavy atom. The molecule has 0 aromatic heterocycles. The molecule has 4 rings (SSSR count). The number of fused-ring (bicyclic) bond motifs is 4. The van der Waals surface area contributed by atoms with E-state index < -0.39 is 23.3 Å². The summed E-state index contributed by atoms with van der Waals surface area (Å²) < 4.78 is 0. The lowest BCUT2D eigenvalue weighted by molar-refractivity contribution is -0.883. The summed E-state index contributed by atoms with van der Waals surface area (Å²) in [5, 5.41) is 4.57. The molecule has 3 aliphatic rings. The van der Waals surface area contributed by atoms with E-state index in [0.717, 1.165) is 24.3 Å². The van der Waals surface area contributed by atoms with Gasteiger partial charge in [-0.3, -0.25) is 20.2 Å². The Bertz CT molecular complexity index is 742. The molecule has 0 bridgehead atoms. The van der Waals surface area contributed by atoms with Crippen LogP contribution >= 0.6 is 0 Å². The number of rotatable bonds is 0. The number of quaternary nitrogens is 1. The van der Waals surface area contributed by atoms with Crippen molar-refractivity contribution >= 4 is 29.2 Å². The third kappa shape index (κ3) is 1.92. The predicted octanol–water partition coefficient (Wildman–Crippen LogP) is -2.12. The standard InChI is InChI=1S/C16H19N5O3/c1-20-4-5-21-11-3-2-10(17)6-9(11)7-16(12(21)8-20)13(22)18-15(24)19-14(16)23/h2-3,6,12H,4-5,7-8,17H2,1H3,(H2,18,19,22,23,24)/p+1/t12-/m0/s1. The van der Waals surface area contributed by atoms with Crippen LogP contribution in [0.1, 0.15) is 5.56 Å². The number of likely N-dealkylation sites (N-methyl/N-ethyl adjacent to an activating group) is 1. The van der Waals surface area contributed by atoms with Gasteiger partial charge in [-0.15, -0.1) is 0 Å². The molecule has 8 nitrogen and oxygen atoms in total. The number of nitrogens with one attached hydrogen (secondary N) is 3. The lowest BCUT2D eigenvalue weighted by Gasteiger charge is -2.52. The molecular weight excluding hydrogens is 310 g/mol. The van der Waals surface area contributed by atoms with Gasteiger partial charge in [-0.25, -0.2) is 4.79 Å². The molecular formula is C16H20N5O3+. The van der Waals surface area contributed by atoms with Crippen LogP contribution in [0, 0.1) is 5.41 Å². The first-order chi connectivity index (χ1) is 11.4. The molecule has 1 spiro atoms. The number of nitrogens with two attached hydrogens (primary N) is 1. The second kappa shape index (κ2) is 4.94. The Morgan fingerprint density at radius 2 is 1.96 bits per heavy atom. The van der Waals surface area contributed by atoms with E-state index in [4.69, 9.17) is 5.73 Å². The van der Waals surface area contributed by atoms with Gasteiger partial charge in [-0.05, 0) is 23.8 Å². The van der Waals surface area contributed by atoms with Gasteiger partial charge in [-0.1, -0.05) is 0 Å². The minimum atomic E-state index is -1.31. The number of nitrogen functional groups attached to an aromatic ring is 1. The molecule has 3 aliphatic heterocycles. The summed E-state index contributed by atoms with van der Waals surface area (Å²) in [6.45, 7) is 2.31. The van der Waals surface area contributed by atoms with Crippen molar-refractivity contribution < 1.29 is 19.3 Å². The van der Waals surface area contributed by atoms with E-state index in [1.54, 1.807) is 0 Å². The number of piperazine rings is 1. The second-order valence-corrected chi connectivity index (χ2v) is 6.89. The molecule has 2 atom stereocenters. The summed E-state index contributed by atoms with van der Waals surface area (Å²) in [5.41, 5.74) is 7.07. The van der Waals surface area contributed by atoms with Gasteiger partial charge in [0.15, 0.2) is 5.41 Å². The van der Waals surface area contributed by atoms with E-state index in [2.05, 4.69) is 15.5 Å². The van der Waals surface area contributed by atoms with Crippen LogP contribution < -0.4 is 26.2 Å². The van der Waals surface area contributed by atoms with Crippen LogP contribution in [-0.4, -0.2) is 50.6 Å². The zero-order chi connectivity index (χ0) is 17.1. The van der Waals surface area contributed by atoms with Crippen LogP contribution in [0.5, 0.6) is 0 Å².